The molecule has 2 aromatic rings. The van der Waals surface area contributed by atoms with E-state index in [1.807, 2.05) is 54.6 Å². The van der Waals surface area contributed by atoms with Crippen molar-refractivity contribution in [3.05, 3.63) is 60.2 Å². The lowest BCUT2D eigenvalue weighted by Gasteiger charge is -2.07. The van der Waals surface area contributed by atoms with E-state index in [2.05, 4.69) is 5.32 Å². The van der Waals surface area contributed by atoms with Crippen LogP contribution < -0.4 is 10.1 Å². The molecule has 0 aliphatic rings. The molecule has 0 unspecified atom stereocenters. The number of rotatable bonds is 4. The van der Waals surface area contributed by atoms with Crippen molar-refractivity contribution < 1.29 is 9.53 Å². The van der Waals surface area contributed by atoms with E-state index in [0.717, 1.165) is 17.0 Å². The second kappa shape index (κ2) is 5.87. The zero-order chi connectivity index (χ0) is 12.8. The van der Waals surface area contributed by atoms with Crippen molar-refractivity contribution in [3.63, 3.8) is 0 Å². The third kappa shape index (κ3) is 3.63. The molecular weight excluding hydrogens is 226 g/mol. The Labute approximate surface area is 106 Å². The monoisotopic (exact) mass is 241 g/mol. The van der Waals surface area contributed by atoms with Crippen LogP contribution in [0.1, 0.15) is 12.5 Å². The summed E-state index contributed by atoms with van der Waals surface area (Å²) >= 11 is 0. The number of carbonyl (C=O) groups excluding carboxylic acids is 1. The van der Waals surface area contributed by atoms with Crippen LogP contribution in [0.25, 0.3) is 0 Å². The van der Waals surface area contributed by atoms with Crippen molar-refractivity contribution in [2.75, 3.05) is 5.32 Å². The van der Waals surface area contributed by atoms with Gasteiger partial charge in [-0.15, -0.1) is 0 Å². The Bertz CT molecular complexity index is 506. The van der Waals surface area contributed by atoms with Gasteiger partial charge in [-0.1, -0.05) is 30.3 Å². The normalized spacial score (nSPS) is 9.83. The van der Waals surface area contributed by atoms with Crippen LogP contribution in [0.2, 0.25) is 0 Å². The minimum Gasteiger partial charge on any atom is -0.489 e. The highest BCUT2D eigenvalue weighted by Gasteiger charge is 1.97. The Morgan fingerprint density at radius 2 is 1.72 bits per heavy atom. The number of hydrogen-bond acceptors (Lipinski definition) is 2. The van der Waals surface area contributed by atoms with Gasteiger partial charge in [0.25, 0.3) is 0 Å². The summed E-state index contributed by atoms with van der Waals surface area (Å²) in [7, 11) is 0. The molecule has 2 aromatic carbocycles. The molecular formula is C15H15NO2. The summed E-state index contributed by atoms with van der Waals surface area (Å²) in [6.45, 7) is 2.01. The second-order valence-corrected chi connectivity index (χ2v) is 3.98. The van der Waals surface area contributed by atoms with Gasteiger partial charge in [0.2, 0.25) is 5.91 Å². The quantitative estimate of drug-likeness (QED) is 0.892. The van der Waals surface area contributed by atoms with E-state index in [9.17, 15) is 4.79 Å². The van der Waals surface area contributed by atoms with Crippen molar-refractivity contribution in [2.45, 2.75) is 13.5 Å². The number of benzene rings is 2. The molecule has 0 saturated heterocycles. The SMILES string of the molecule is CC(=O)Nc1ccc(COc2ccccc2)cc1. The number of carbonyl (C=O) groups is 1. The van der Waals surface area contributed by atoms with Gasteiger partial charge in [0.1, 0.15) is 12.4 Å². The summed E-state index contributed by atoms with van der Waals surface area (Å²) in [5.74, 6) is 0.784. The average molecular weight is 241 g/mol. The van der Waals surface area contributed by atoms with Gasteiger partial charge in [-0.2, -0.15) is 0 Å². The van der Waals surface area contributed by atoms with Crippen LogP contribution in [-0.4, -0.2) is 5.91 Å². The maximum absolute atomic E-state index is 10.9. The van der Waals surface area contributed by atoms with E-state index in [0.29, 0.717) is 6.61 Å². The Balaban J connectivity index is 1.92. The Morgan fingerprint density at radius 1 is 1.06 bits per heavy atom. The van der Waals surface area contributed by atoms with Crippen molar-refractivity contribution in [3.8, 4) is 5.75 Å². The Kier molecular flexibility index (Phi) is 3.97. The minimum atomic E-state index is -0.0664. The molecule has 0 saturated carbocycles. The van der Waals surface area contributed by atoms with Gasteiger partial charge in [-0.05, 0) is 29.8 Å². The second-order valence-electron chi connectivity index (χ2n) is 3.98. The predicted octanol–water partition coefficient (Wildman–Crippen LogP) is 3.22. The molecule has 0 radical (unpaired) electrons. The van der Waals surface area contributed by atoms with Gasteiger partial charge in [0.15, 0.2) is 0 Å². The molecule has 0 aliphatic heterocycles. The van der Waals surface area contributed by atoms with Crippen molar-refractivity contribution in [1.29, 1.82) is 0 Å². The molecule has 1 amide bonds. The number of anilines is 1. The third-order valence-electron chi connectivity index (χ3n) is 2.42. The van der Waals surface area contributed by atoms with Crippen molar-refractivity contribution >= 4 is 11.6 Å². The van der Waals surface area contributed by atoms with E-state index in [4.69, 9.17) is 4.74 Å². The summed E-state index contributed by atoms with van der Waals surface area (Å²) in [6.07, 6.45) is 0. The third-order valence-corrected chi connectivity index (χ3v) is 2.42. The Morgan fingerprint density at radius 3 is 2.33 bits per heavy atom. The van der Waals surface area contributed by atoms with Crippen LogP contribution in [0, 0.1) is 0 Å². The smallest absolute Gasteiger partial charge is 0.221 e. The predicted molar refractivity (Wildman–Crippen MR) is 71.5 cm³/mol. The minimum absolute atomic E-state index is 0.0664. The van der Waals surface area contributed by atoms with Crippen molar-refractivity contribution in [1.82, 2.24) is 0 Å². The first-order chi connectivity index (χ1) is 8.74. The fourth-order valence-corrected chi connectivity index (χ4v) is 1.57. The van der Waals surface area contributed by atoms with E-state index >= 15 is 0 Å². The summed E-state index contributed by atoms with van der Waals surface area (Å²) in [4.78, 5) is 10.9. The molecule has 3 heteroatoms. The van der Waals surface area contributed by atoms with Gasteiger partial charge in [-0.3, -0.25) is 4.79 Å². The van der Waals surface area contributed by atoms with Gasteiger partial charge in [-0.25, -0.2) is 0 Å². The molecule has 0 spiro atoms. The molecule has 18 heavy (non-hydrogen) atoms. The lowest BCUT2D eigenvalue weighted by Crippen LogP contribution is -2.05. The van der Waals surface area contributed by atoms with Crippen LogP contribution in [0.15, 0.2) is 54.6 Å². The number of amides is 1. The van der Waals surface area contributed by atoms with Crippen LogP contribution in [0.4, 0.5) is 5.69 Å². The molecule has 0 aromatic heterocycles. The highest BCUT2D eigenvalue weighted by Crippen LogP contribution is 2.13. The summed E-state index contributed by atoms with van der Waals surface area (Å²) < 4.78 is 5.63. The maximum Gasteiger partial charge on any atom is 0.221 e. The number of ether oxygens (including phenoxy) is 1. The number of para-hydroxylation sites is 1. The standard InChI is InChI=1S/C15H15NO2/c1-12(17)16-14-9-7-13(8-10-14)11-18-15-5-3-2-4-6-15/h2-10H,11H2,1H3,(H,16,17). The van der Waals surface area contributed by atoms with E-state index < -0.39 is 0 Å². The highest BCUT2D eigenvalue weighted by atomic mass is 16.5. The average Bonchev–Trinajstić information content (AvgIpc) is 2.38. The van der Waals surface area contributed by atoms with Crippen molar-refractivity contribution in [2.24, 2.45) is 0 Å². The maximum atomic E-state index is 10.9. The highest BCUT2D eigenvalue weighted by molar-refractivity contribution is 5.88. The molecule has 0 fully saturated rings. The van der Waals surface area contributed by atoms with Crippen LogP contribution >= 0.6 is 0 Å². The largest absolute Gasteiger partial charge is 0.489 e. The molecule has 0 atom stereocenters. The Hall–Kier alpha value is -2.29. The summed E-state index contributed by atoms with van der Waals surface area (Å²) in [5, 5.41) is 2.73. The van der Waals surface area contributed by atoms with Gasteiger partial charge >= 0.3 is 0 Å². The van der Waals surface area contributed by atoms with E-state index in [1.54, 1.807) is 0 Å². The number of hydrogen-bond donors (Lipinski definition) is 1. The topological polar surface area (TPSA) is 38.3 Å². The zero-order valence-corrected chi connectivity index (χ0v) is 10.2. The number of nitrogens with one attached hydrogen (secondary N) is 1. The zero-order valence-electron chi connectivity index (χ0n) is 10.2. The lowest BCUT2D eigenvalue weighted by atomic mass is 10.2. The molecule has 0 aliphatic carbocycles. The van der Waals surface area contributed by atoms with Gasteiger partial charge in [0.05, 0.1) is 0 Å². The first kappa shape index (κ1) is 12.2. The first-order valence-electron chi connectivity index (χ1n) is 5.78. The molecule has 0 heterocycles. The molecule has 92 valence electrons. The first-order valence-corrected chi connectivity index (χ1v) is 5.78. The van der Waals surface area contributed by atoms with Crippen LogP contribution in [-0.2, 0) is 11.4 Å². The summed E-state index contributed by atoms with van der Waals surface area (Å²) in [5.41, 5.74) is 1.86. The molecule has 1 N–H and O–H groups in total. The van der Waals surface area contributed by atoms with E-state index in [1.165, 1.54) is 6.92 Å². The van der Waals surface area contributed by atoms with Crippen LogP contribution in [0.5, 0.6) is 5.75 Å². The fraction of sp³-hybridized carbons (Fsp3) is 0.133. The molecule has 0 bridgehead atoms. The van der Waals surface area contributed by atoms with Gasteiger partial charge < -0.3 is 10.1 Å². The van der Waals surface area contributed by atoms with E-state index in [-0.39, 0.29) is 5.91 Å². The lowest BCUT2D eigenvalue weighted by molar-refractivity contribution is -0.114. The van der Waals surface area contributed by atoms with Gasteiger partial charge in [0, 0.05) is 12.6 Å². The molecule has 2 rings (SSSR count). The molecule has 3 nitrogen and oxygen atoms in total. The van der Waals surface area contributed by atoms with Crippen LogP contribution in [0.3, 0.4) is 0 Å². The summed E-state index contributed by atoms with van der Waals surface area (Å²) in [6, 6.07) is 17.3. The fourth-order valence-electron chi connectivity index (χ4n) is 1.57.